The molecule has 0 aliphatic carbocycles. The number of rotatable bonds is 0. The fourth-order valence-corrected chi connectivity index (χ4v) is 1.37. The Hall–Kier alpha value is -1.14. The van der Waals surface area contributed by atoms with E-state index in [9.17, 15) is 4.39 Å². The maximum absolute atomic E-state index is 13.0. The standard InChI is InChI=1S/C8H2FIN2/c9-8-5(3-11)1-7(10)2-6(8)4-12/h1-2H. The van der Waals surface area contributed by atoms with Gasteiger partial charge in [0.2, 0.25) is 0 Å². The molecule has 0 atom stereocenters. The Bertz CT molecular complexity index is 365. The van der Waals surface area contributed by atoms with Crippen LogP contribution in [0.1, 0.15) is 11.1 Å². The van der Waals surface area contributed by atoms with Crippen LogP contribution in [0, 0.1) is 32.0 Å². The van der Waals surface area contributed by atoms with Crippen molar-refractivity contribution in [1.82, 2.24) is 0 Å². The van der Waals surface area contributed by atoms with Gasteiger partial charge in [-0.05, 0) is 34.7 Å². The zero-order valence-electron chi connectivity index (χ0n) is 5.81. The second kappa shape index (κ2) is 3.51. The first-order valence-corrected chi connectivity index (χ1v) is 4.06. The number of nitriles is 2. The van der Waals surface area contributed by atoms with E-state index in [0.29, 0.717) is 3.57 Å². The van der Waals surface area contributed by atoms with Crippen molar-refractivity contribution in [3.8, 4) is 12.1 Å². The average Bonchev–Trinajstić information content (AvgIpc) is 2.08. The quantitative estimate of drug-likeness (QED) is 0.679. The number of hydrogen-bond acceptors (Lipinski definition) is 2. The van der Waals surface area contributed by atoms with Crippen LogP contribution in [0.25, 0.3) is 0 Å². The van der Waals surface area contributed by atoms with E-state index in [4.69, 9.17) is 10.5 Å². The van der Waals surface area contributed by atoms with Crippen LogP contribution in [0.5, 0.6) is 0 Å². The summed E-state index contributed by atoms with van der Waals surface area (Å²) in [5, 5.41) is 16.9. The molecule has 4 heteroatoms. The molecule has 1 rings (SSSR count). The first-order chi connectivity index (χ1) is 5.69. The van der Waals surface area contributed by atoms with Gasteiger partial charge >= 0.3 is 0 Å². The zero-order chi connectivity index (χ0) is 9.14. The minimum Gasteiger partial charge on any atom is -0.204 e. The Morgan fingerprint density at radius 2 is 1.58 bits per heavy atom. The summed E-state index contributed by atoms with van der Waals surface area (Å²) in [6.45, 7) is 0. The molecule has 0 aromatic heterocycles. The average molecular weight is 272 g/mol. The van der Waals surface area contributed by atoms with E-state index in [-0.39, 0.29) is 11.1 Å². The van der Waals surface area contributed by atoms with Crippen LogP contribution in [-0.4, -0.2) is 0 Å². The lowest BCUT2D eigenvalue weighted by molar-refractivity contribution is 0.619. The smallest absolute Gasteiger partial charge is 0.158 e. The highest BCUT2D eigenvalue weighted by Crippen LogP contribution is 2.16. The second-order valence-corrected chi connectivity index (χ2v) is 3.28. The highest BCUT2D eigenvalue weighted by Gasteiger charge is 2.08. The first-order valence-electron chi connectivity index (χ1n) is 2.98. The Balaban J connectivity index is 3.48. The van der Waals surface area contributed by atoms with Gasteiger partial charge < -0.3 is 0 Å². The maximum Gasteiger partial charge on any atom is 0.158 e. The molecule has 1 aromatic carbocycles. The lowest BCUT2D eigenvalue weighted by Crippen LogP contribution is -1.90. The van der Waals surface area contributed by atoms with Crippen molar-refractivity contribution >= 4 is 22.6 Å². The van der Waals surface area contributed by atoms with Crippen LogP contribution < -0.4 is 0 Å². The molecule has 0 amide bonds. The van der Waals surface area contributed by atoms with Crippen molar-refractivity contribution in [3.05, 3.63) is 32.6 Å². The number of benzene rings is 1. The molecule has 0 N–H and O–H groups in total. The van der Waals surface area contributed by atoms with Crippen molar-refractivity contribution < 1.29 is 4.39 Å². The van der Waals surface area contributed by atoms with E-state index >= 15 is 0 Å². The minimum atomic E-state index is -0.736. The largest absolute Gasteiger partial charge is 0.204 e. The molecule has 0 heterocycles. The van der Waals surface area contributed by atoms with Crippen molar-refractivity contribution in [3.63, 3.8) is 0 Å². The normalized spacial score (nSPS) is 8.67. The molecular formula is C8H2FIN2. The van der Waals surface area contributed by atoms with Crippen molar-refractivity contribution in [2.45, 2.75) is 0 Å². The molecule has 0 bridgehead atoms. The van der Waals surface area contributed by atoms with E-state index < -0.39 is 5.82 Å². The van der Waals surface area contributed by atoms with Crippen molar-refractivity contribution in [2.75, 3.05) is 0 Å². The number of halogens is 2. The van der Waals surface area contributed by atoms with Gasteiger partial charge in [-0.1, -0.05) is 0 Å². The molecule has 58 valence electrons. The lowest BCUT2D eigenvalue weighted by Gasteiger charge is -1.96. The zero-order valence-corrected chi connectivity index (χ0v) is 7.96. The van der Waals surface area contributed by atoms with Gasteiger partial charge in [0.15, 0.2) is 5.82 Å². The molecule has 0 spiro atoms. The second-order valence-electron chi connectivity index (χ2n) is 2.04. The molecule has 0 saturated carbocycles. The molecule has 0 unspecified atom stereocenters. The van der Waals surface area contributed by atoms with Crippen molar-refractivity contribution in [2.24, 2.45) is 0 Å². The summed E-state index contributed by atoms with van der Waals surface area (Å²) < 4.78 is 13.7. The Labute approximate surface area is 82.4 Å². The summed E-state index contributed by atoms with van der Waals surface area (Å²) in [4.78, 5) is 0. The van der Waals surface area contributed by atoms with E-state index in [1.807, 2.05) is 22.6 Å². The van der Waals surface area contributed by atoms with E-state index in [0.717, 1.165) is 0 Å². The molecule has 0 aliphatic heterocycles. The topological polar surface area (TPSA) is 47.6 Å². The predicted octanol–water partition coefficient (Wildman–Crippen LogP) is 2.17. The third-order valence-electron chi connectivity index (χ3n) is 1.28. The number of hydrogen-bond donors (Lipinski definition) is 0. The SMILES string of the molecule is N#Cc1cc(I)cc(C#N)c1F. The van der Waals surface area contributed by atoms with Crippen molar-refractivity contribution in [1.29, 1.82) is 10.5 Å². The first kappa shape index (κ1) is 8.95. The fourth-order valence-electron chi connectivity index (χ4n) is 0.752. The lowest BCUT2D eigenvalue weighted by atomic mass is 10.1. The van der Waals surface area contributed by atoms with Gasteiger partial charge in [-0.2, -0.15) is 10.5 Å². The van der Waals surface area contributed by atoms with Crippen LogP contribution in [-0.2, 0) is 0 Å². The van der Waals surface area contributed by atoms with Crippen LogP contribution in [0.2, 0.25) is 0 Å². The van der Waals surface area contributed by atoms with Gasteiger partial charge in [-0.25, -0.2) is 4.39 Å². The Morgan fingerprint density at radius 1 is 1.17 bits per heavy atom. The molecule has 0 fully saturated rings. The molecule has 2 nitrogen and oxygen atoms in total. The minimum absolute atomic E-state index is 0.0848. The Morgan fingerprint density at radius 3 is 1.92 bits per heavy atom. The fraction of sp³-hybridized carbons (Fsp3) is 0. The summed E-state index contributed by atoms with van der Waals surface area (Å²) in [7, 11) is 0. The van der Waals surface area contributed by atoms with Crippen LogP contribution in [0.15, 0.2) is 12.1 Å². The van der Waals surface area contributed by atoms with E-state index in [1.54, 1.807) is 12.1 Å². The molecule has 0 aliphatic rings. The molecule has 0 radical (unpaired) electrons. The van der Waals surface area contributed by atoms with Crippen LogP contribution >= 0.6 is 22.6 Å². The summed E-state index contributed by atoms with van der Waals surface area (Å²) in [5.41, 5.74) is -0.170. The van der Waals surface area contributed by atoms with Gasteiger partial charge in [0.1, 0.15) is 12.1 Å². The number of nitrogens with zero attached hydrogens (tertiary/aromatic N) is 2. The van der Waals surface area contributed by atoms with E-state index in [1.165, 1.54) is 12.1 Å². The Kier molecular flexibility index (Phi) is 2.61. The summed E-state index contributed by atoms with van der Waals surface area (Å²) in [6, 6.07) is 6.16. The third kappa shape index (κ3) is 1.54. The van der Waals surface area contributed by atoms with Crippen LogP contribution in [0.3, 0.4) is 0 Å². The molecule has 0 saturated heterocycles. The third-order valence-corrected chi connectivity index (χ3v) is 1.90. The summed E-state index contributed by atoms with van der Waals surface area (Å²) in [5.74, 6) is -0.736. The molecule has 12 heavy (non-hydrogen) atoms. The monoisotopic (exact) mass is 272 g/mol. The van der Waals surface area contributed by atoms with Gasteiger partial charge in [0, 0.05) is 3.57 Å². The highest BCUT2D eigenvalue weighted by molar-refractivity contribution is 14.1. The van der Waals surface area contributed by atoms with Gasteiger partial charge in [-0.3, -0.25) is 0 Å². The maximum atomic E-state index is 13.0. The van der Waals surface area contributed by atoms with Gasteiger partial charge in [0.25, 0.3) is 0 Å². The summed E-state index contributed by atoms with van der Waals surface area (Å²) in [6.07, 6.45) is 0. The molecule has 1 aromatic rings. The predicted molar refractivity (Wildman–Crippen MR) is 48.5 cm³/mol. The van der Waals surface area contributed by atoms with E-state index in [2.05, 4.69) is 0 Å². The van der Waals surface area contributed by atoms with Gasteiger partial charge in [0.05, 0.1) is 11.1 Å². The highest BCUT2D eigenvalue weighted by atomic mass is 127. The van der Waals surface area contributed by atoms with Crippen LogP contribution in [0.4, 0.5) is 4.39 Å². The van der Waals surface area contributed by atoms with Gasteiger partial charge in [-0.15, -0.1) is 0 Å². The summed E-state index contributed by atoms with van der Waals surface area (Å²) >= 11 is 1.93. The molecular weight excluding hydrogens is 270 g/mol.